The Balaban J connectivity index is 1.79. The van der Waals surface area contributed by atoms with Gasteiger partial charge in [0.2, 0.25) is 10.0 Å². The molecule has 24 heavy (non-hydrogen) atoms. The number of piperidine rings is 1. The normalized spacial score (nSPS) is 28.1. The molecule has 134 valence electrons. The Labute approximate surface area is 141 Å². The first-order chi connectivity index (χ1) is 11.2. The largest absolute Gasteiger partial charge is 0.384 e. The number of aryl methyl sites for hydroxylation is 1. The van der Waals surface area contributed by atoms with Crippen LogP contribution in [0.25, 0.3) is 0 Å². The fourth-order valence-corrected chi connectivity index (χ4v) is 4.77. The van der Waals surface area contributed by atoms with Crippen LogP contribution in [0.15, 0.2) is 10.6 Å². The molecule has 0 spiro atoms. The summed E-state index contributed by atoms with van der Waals surface area (Å²) in [6.45, 7) is 4.17. The maximum atomic E-state index is 12.6. The van der Waals surface area contributed by atoms with Crippen LogP contribution in [-0.4, -0.2) is 74.8 Å². The van der Waals surface area contributed by atoms with Crippen molar-refractivity contribution in [3.05, 3.63) is 17.5 Å². The van der Waals surface area contributed by atoms with Crippen molar-refractivity contribution in [2.45, 2.75) is 13.3 Å². The Hall–Kier alpha value is -1.45. The van der Waals surface area contributed by atoms with Crippen molar-refractivity contribution in [2.75, 3.05) is 46.2 Å². The SMILES string of the molecule is COC[C@@]12CCN(C(=O)c3cc(C)on3)C[C@@H]1CN(S(C)(=O)=O)C2. The summed E-state index contributed by atoms with van der Waals surface area (Å²) >= 11 is 0. The number of ether oxygens (including phenoxy) is 1. The van der Waals surface area contributed by atoms with Gasteiger partial charge in [-0.15, -0.1) is 0 Å². The van der Waals surface area contributed by atoms with Crippen molar-refractivity contribution >= 4 is 15.9 Å². The van der Waals surface area contributed by atoms with Crippen molar-refractivity contribution in [1.29, 1.82) is 0 Å². The van der Waals surface area contributed by atoms with Gasteiger partial charge in [0.1, 0.15) is 5.76 Å². The Morgan fingerprint density at radius 3 is 2.83 bits per heavy atom. The van der Waals surface area contributed by atoms with E-state index in [2.05, 4.69) is 5.16 Å². The van der Waals surface area contributed by atoms with Crippen LogP contribution in [0.1, 0.15) is 22.7 Å². The smallest absolute Gasteiger partial charge is 0.276 e. The summed E-state index contributed by atoms with van der Waals surface area (Å²) < 4.78 is 35.8. The zero-order valence-electron chi connectivity index (χ0n) is 14.2. The quantitative estimate of drug-likeness (QED) is 0.772. The maximum absolute atomic E-state index is 12.6. The van der Waals surface area contributed by atoms with Gasteiger partial charge in [-0.2, -0.15) is 0 Å². The monoisotopic (exact) mass is 357 g/mol. The second-order valence-corrected chi connectivity index (χ2v) is 8.85. The van der Waals surface area contributed by atoms with Gasteiger partial charge in [0.05, 0.1) is 12.9 Å². The number of sulfonamides is 1. The number of aromatic nitrogens is 1. The molecule has 8 nitrogen and oxygen atoms in total. The highest BCUT2D eigenvalue weighted by Crippen LogP contribution is 2.44. The first-order valence-corrected chi connectivity index (χ1v) is 9.77. The summed E-state index contributed by atoms with van der Waals surface area (Å²) in [5.41, 5.74) is 0.0682. The van der Waals surface area contributed by atoms with Gasteiger partial charge >= 0.3 is 0 Å². The van der Waals surface area contributed by atoms with E-state index in [0.29, 0.717) is 50.7 Å². The van der Waals surface area contributed by atoms with Crippen molar-refractivity contribution in [3.8, 4) is 0 Å². The summed E-state index contributed by atoms with van der Waals surface area (Å²) in [6.07, 6.45) is 1.94. The molecule has 0 bridgehead atoms. The Morgan fingerprint density at radius 1 is 1.50 bits per heavy atom. The Kier molecular flexibility index (Phi) is 4.43. The molecule has 0 N–H and O–H groups in total. The van der Waals surface area contributed by atoms with Gasteiger partial charge in [-0.3, -0.25) is 4.79 Å². The van der Waals surface area contributed by atoms with E-state index < -0.39 is 10.0 Å². The molecule has 0 saturated carbocycles. The number of hydrogen-bond acceptors (Lipinski definition) is 6. The topological polar surface area (TPSA) is 92.9 Å². The molecule has 2 fully saturated rings. The highest BCUT2D eigenvalue weighted by molar-refractivity contribution is 7.88. The van der Waals surface area contributed by atoms with Crippen LogP contribution in [0.5, 0.6) is 0 Å². The minimum absolute atomic E-state index is 0.0536. The average molecular weight is 357 g/mol. The van der Waals surface area contributed by atoms with E-state index in [0.717, 1.165) is 0 Å². The Bertz CT molecular complexity index is 731. The van der Waals surface area contributed by atoms with Gasteiger partial charge in [0.25, 0.3) is 5.91 Å². The molecule has 3 heterocycles. The molecule has 1 aromatic rings. The average Bonchev–Trinajstić information content (AvgIpc) is 3.09. The summed E-state index contributed by atoms with van der Waals surface area (Å²) in [5, 5.41) is 3.79. The number of carbonyl (C=O) groups is 1. The third-order valence-corrected chi connectivity index (χ3v) is 6.35. The van der Waals surface area contributed by atoms with Gasteiger partial charge in [-0.25, -0.2) is 12.7 Å². The third kappa shape index (κ3) is 3.07. The highest BCUT2D eigenvalue weighted by Gasteiger charge is 2.52. The lowest BCUT2D eigenvalue weighted by Gasteiger charge is -2.42. The van der Waals surface area contributed by atoms with Gasteiger partial charge in [-0.1, -0.05) is 5.16 Å². The van der Waals surface area contributed by atoms with Crippen molar-refractivity contribution in [2.24, 2.45) is 11.3 Å². The summed E-state index contributed by atoms with van der Waals surface area (Å²) in [6, 6.07) is 1.62. The number of hydrogen-bond donors (Lipinski definition) is 0. The van der Waals surface area contributed by atoms with Gasteiger partial charge < -0.3 is 14.2 Å². The Morgan fingerprint density at radius 2 is 2.25 bits per heavy atom. The summed E-state index contributed by atoms with van der Waals surface area (Å²) in [4.78, 5) is 14.3. The van der Waals surface area contributed by atoms with Crippen LogP contribution in [-0.2, 0) is 14.8 Å². The van der Waals surface area contributed by atoms with E-state index in [9.17, 15) is 13.2 Å². The lowest BCUT2D eigenvalue weighted by Crippen LogP contribution is -2.50. The van der Waals surface area contributed by atoms with E-state index in [1.807, 2.05) is 0 Å². The number of amides is 1. The number of fused-ring (bicyclic) bond motifs is 1. The number of rotatable bonds is 4. The number of likely N-dealkylation sites (tertiary alicyclic amines) is 1. The van der Waals surface area contributed by atoms with Crippen LogP contribution in [0.4, 0.5) is 0 Å². The molecule has 0 unspecified atom stereocenters. The fourth-order valence-electron chi connectivity index (χ4n) is 3.82. The molecule has 3 rings (SSSR count). The summed E-state index contributed by atoms with van der Waals surface area (Å²) in [7, 11) is -1.63. The standard InChI is InChI=1S/C15H23N3O5S/c1-11-6-13(16-23-11)14(19)17-5-4-15(10-22-2)9-18(24(3,20)21)8-12(15)7-17/h6,12H,4-5,7-10H2,1-3H3/t12-,15+/m1/s1. The second-order valence-electron chi connectivity index (χ2n) is 6.87. The number of nitrogens with zero attached hydrogens (tertiary/aromatic N) is 3. The fraction of sp³-hybridized carbons (Fsp3) is 0.733. The van der Waals surface area contributed by atoms with Gasteiger partial charge in [0.15, 0.2) is 5.69 Å². The van der Waals surface area contributed by atoms with Crippen LogP contribution < -0.4 is 0 Å². The molecule has 2 atom stereocenters. The van der Waals surface area contributed by atoms with Crippen LogP contribution in [0.2, 0.25) is 0 Å². The molecule has 9 heteroatoms. The summed E-state index contributed by atoms with van der Waals surface area (Å²) in [5.74, 6) is 0.474. The lowest BCUT2D eigenvalue weighted by molar-refractivity contribution is 0.00310. The van der Waals surface area contributed by atoms with E-state index >= 15 is 0 Å². The van der Waals surface area contributed by atoms with E-state index in [1.165, 1.54) is 10.6 Å². The molecular weight excluding hydrogens is 334 g/mol. The minimum atomic E-state index is -3.26. The van der Waals surface area contributed by atoms with Gasteiger partial charge in [-0.05, 0) is 19.3 Å². The van der Waals surface area contributed by atoms with E-state index in [4.69, 9.17) is 9.26 Å². The molecule has 0 aliphatic carbocycles. The zero-order valence-corrected chi connectivity index (χ0v) is 15.0. The third-order valence-electron chi connectivity index (χ3n) is 5.14. The molecule has 2 aliphatic heterocycles. The molecule has 0 radical (unpaired) electrons. The zero-order chi connectivity index (χ0) is 17.5. The predicted octanol–water partition coefficient (Wildman–Crippen LogP) is 0.353. The minimum Gasteiger partial charge on any atom is -0.384 e. The molecule has 2 aliphatic rings. The predicted molar refractivity (Wildman–Crippen MR) is 86.0 cm³/mol. The van der Waals surface area contributed by atoms with E-state index in [1.54, 1.807) is 25.0 Å². The molecule has 0 aromatic carbocycles. The van der Waals surface area contributed by atoms with Crippen LogP contribution in [0.3, 0.4) is 0 Å². The molecular formula is C15H23N3O5S. The second kappa shape index (κ2) is 6.12. The lowest BCUT2D eigenvalue weighted by atomic mass is 9.73. The first kappa shape index (κ1) is 17.4. The van der Waals surface area contributed by atoms with Gasteiger partial charge in [0, 0.05) is 44.8 Å². The van der Waals surface area contributed by atoms with Crippen molar-refractivity contribution < 1.29 is 22.5 Å². The van der Waals surface area contributed by atoms with Crippen LogP contribution >= 0.6 is 0 Å². The molecule has 1 aromatic heterocycles. The number of carbonyl (C=O) groups excluding carboxylic acids is 1. The highest BCUT2D eigenvalue weighted by atomic mass is 32.2. The molecule has 2 saturated heterocycles. The molecule has 1 amide bonds. The van der Waals surface area contributed by atoms with Crippen molar-refractivity contribution in [1.82, 2.24) is 14.4 Å². The van der Waals surface area contributed by atoms with E-state index in [-0.39, 0.29) is 17.2 Å². The van der Waals surface area contributed by atoms with Crippen LogP contribution in [0, 0.1) is 18.3 Å². The maximum Gasteiger partial charge on any atom is 0.276 e. The van der Waals surface area contributed by atoms with Crippen molar-refractivity contribution in [3.63, 3.8) is 0 Å². The first-order valence-electron chi connectivity index (χ1n) is 7.92. The number of methoxy groups -OCH3 is 1.